The fraction of sp³-hybridized carbons (Fsp3) is 0.625. The van der Waals surface area contributed by atoms with Crippen molar-refractivity contribution in [2.45, 2.75) is 47.1 Å². The van der Waals surface area contributed by atoms with Gasteiger partial charge in [0.25, 0.3) is 0 Å². The van der Waals surface area contributed by atoms with Crippen molar-refractivity contribution in [2.24, 2.45) is 11.8 Å². The van der Waals surface area contributed by atoms with Crippen molar-refractivity contribution < 1.29 is 0 Å². The molecule has 1 unspecified atom stereocenters. The molecular formula is C16H27N. The SMILES string of the molecule is Cc1cccc(CC(CNC(C)C)C(C)C)c1. The molecule has 17 heavy (non-hydrogen) atoms. The van der Waals surface area contributed by atoms with Crippen molar-refractivity contribution in [3.05, 3.63) is 35.4 Å². The van der Waals surface area contributed by atoms with Gasteiger partial charge in [0.15, 0.2) is 0 Å². The average Bonchev–Trinajstić information content (AvgIpc) is 2.23. The van der Waals surface area contributed by atoms with Gasteiger partial charge in [-0.25, -0.2) is 0 Å². The van der Waals surface area contributed by atoms with E-state index in [4.69, 9.17) is 0 Å². The highest BCUT2D eigenvalue weighted by molar-refractivity contribution is 5.22. The van der Waals surface area contributed by atoms with Gasteiger partial charge in [-0.3, -0.25) is 0 Å². The highest BCUT2D eigenvalue weighted by Crippen LogP contribution is 2.17. The number of aryl methyl sites for hydroxylation is 1. The summed E-state index contributed by atoms with van der Waals surface area (Å²) in [6.45, 7) is 12.3. The summed E-state index contributed by atoms with van der Waals surface area (Å²) in [5.41, 5.74) is 2.83. The Labute approximate surface area is 107 Å². The molecule has 1 N–H and O–H groups in total. The lowest BCUT2D eigenvalue weighted by atomic mass is 9.88. The summed E-state index contributed by atoms with van der Waals surface area (Å²) in [5, 5.41) is 3.56. The molecular weight excluding hydrogens is 206 g/mol. The van der Waals surface area contributed by atoms with Crippen molar-refractivity contribution in [1.29, 1.82) is 0 Å². The van der Waals surface area contributed by atoms with Crippen LogP contribution in [0.5, 0.6) is 0 Å². The predicted octanol–water partition coefficient (Wildman–Crippen LogP) is 3.81. The third kappa shape index (κ3) is 5.36. The maximum atomic E-state index is 3.56. The van der Waals surface area contributed by atoms with Crippen LogP contribution in [0.1, 0.15) is 38.8 Å². The summed E-state index contributed by atoms with van der Waals surface area (Å²) in [6, 6.07) is 9.47. The molecule has 1 aromatic rings. The van der Waals surface area contributed by atoms with Crippen molar-refractivity contribution in [1.82, 2.24) is 5.32 Å². The van der Waals surface area contributed by atoms with Crippen LogP contribution in [0, 0.1) is 18.8 Å². The van der Waals surface area contributed by atoms with Crippen LogP contribution >= 0.6 is 0 Å². The Morgan fingerprint density at radius 1 is 1.12 bits per heavy atom. The Balaban J connectivity index is 2.60. The molecule has 1 atom stereocenters. The molecule has 1 rings (SSSR count). The van der Waals surface area contributed by atoms with Crippen LogP contribution < -0.4 is 5.32 Å². The van der Waals surface area contributed by atoms with Gasteiger partial charge in [-0.2, -0.15) is 0 Å². The lowest BCUT2D eigenvalue weighted by molar-refractivity contribution is 0.349. The number of hydrogen-bond acceptors (Lipinski definition) is 1. The van der Waals surface area contributed by atoms with Crippen LogP contribution in [0.25, 0.3) is 0 Å². The molecule has 1 heteroatoms. The van der Waals surface area contributed by atoms with Crippen molar-refractivity contribution >= 4 is 0 Å². The van der Waals surface area contributed by atoms with E-state index in [1.165, 1.54) is 17.5 Å². The minimum absolute atomic E-state index is 0.578. The summed E-state index contributed by atoms with van der Waals surface area (Å²) in [7, 11) is 0. The van der Waals surface area contributed by atoms with Gasteiger partial charge in [-0.15, -0.1) is 0 Å². The van der Waals surface area contributed by atoms with E-state index in [1.54, 1.807) is 0 Å². The first-order valence-corrected chi connectivity index (χ1v) is 6.78. The van der Waals surface area contributed by atoms with Gasteiger partial charge in [-0.05, 0) is 37.3 Å². The Morgan fingerprint density at radius 2 is 1.82 bits per heavy atom. The summed E-state index contributed by atoms with van der Waals surface area (Å²) in [5.74, 6) is 1.45. The second-order valence-electron chi connectivity index (χ2n) is 5.76. The molecule has 0 saturated carbocycles. The van der Waals surface area contributed by atoms with E-state index >= 15 is 0 Å². The van der Waals surface area contributed by atoms with Gasteiger partial charge in [-0.1, -0.05) is 57.5 Å². The number of hydrogen-bond donors (Lipinski definition) is 1. The number of nitrogens with one attached hydrogen (secondary N) is 1. The summed E-state index contributed by atoms with van der Waals surface area (Å²) < 4.78 is 0. The monoisotopic (exact) mass is 233 g/mol. The molecule has 0 aliphatic heterocycles. The van der Waals surface area contributed by atoms with Gasteiger partial charge in [0.05, 0.1) is 0 Å². The molecule has 0 bridgehead atoms. The minimum Gasteiger partial charge on any atom is -0.314 e. The fourth-order valence-corrected chi connectivity index (χ4v) is 2.07. The smallest absolute Gasteiger partial charge is 0.00104 e. The standard InChI is InChI=1S/C16H27N/c1-12(2)16(11-17-13(3)4)10-15-8-6-7-14(5)9-15/h6-9,12-13,16-17H,10-11H2,1-5H3. The van der Waals surface area contributed by atoms with E-state index in [0.29, 0.717) is 6.04 Å². The average molecular weight is 233 g/mol. The van der Waals surface area contributed by atoms with Crippen LogP contribution in [0.15, 0.2) is 24.3 Å². The minimum atomic E-state index is 0.578. The third-order valence-electron chi connectivity index (χ3n) is 3.31. The van der Waals surface area contributed by atoms with Gasteiger partial charge in [0.1, 0.15) is 0 Å². The predicted molar refractivity (Wildman–Crippen MR) is 76.3 cm³/mol. The fourth-order valence-electron chi connectivity index (χ4n) is 2.07. The van der Waals surface area contributed by atoms with E-state index in [0.717, 1.165) is 18.4 Å². The molecule has 0 spiro atoms. The molecule has 0 amide bonds. The van der Waals surface area contributed by atoms with E-state index in [2.05, 4.69) is 64.2 Å². The summed E-state index contributed by atoms with van der Waals surface area (Å²) in [6.07, 6.45) is 1.18. The Hall–Kier alpha value is -0.820. The largest absolute Gasteiger partial charge is 0.314 e. The van der Waals surface area contributed by atoms with Crippen LogP contribution in [0.3, 0.4) is 0 Å². The zero-order valence-corrected chi connectivity index (χ0v) is 12.0. The van der Waals surface area contributed by atoms with Crippen LogP contribution in [0.4, 0.5) is 0 Å². The topological polar surface area (TPSA) is 12.0 Å². The molecule has 96 valence electrons. The number of benzene rings is 1. The van der Waals surface area contributed by atoms with Crippen LogP contribution in [-0.4, -0.2) is 12.6 Å². The molecule has 0 aliphatic rings. The third-order valence-corrected chi connectivity index (χ3v) is 3.31. The van der Waals surface area contributed by atoms with Gasteiger partial charge in [0.2, 0.25) is 0 Å². The second kappa shape index (κ2) is 6.80. The molecule has 0 aliphatic carbocycles. The van der Waals surface area contributed by atoms with Crippen molar-refractivity contribution in [3.63, 3.8) is 0 Å². The maximum Gasteiger partial charge on any atom is 0.00104 e. The highest BCUT2D eigenvalue weighted by Gasteiger charge is 2.14. The Kier molecular flexibility index (Phi) is 5.70. The zero-order valence-electron chi connectivity index (χ0n) is 12.0. The van der Waals surface area contributed by atoms with E-state index in [9.17, 15) is 0 Å². The highest BCUT2D eigenvalue weighted by atomic mass is 14.9. The lowest BCUT2D eigenvalue weighted by Crippen LogP contribution is -2.32. The normalized spacial score (nSPS) is 13.4. The van der Waals surface area contributed by atoms with Crippen molar-refractivity contribution in [3.8, 4) is 0 Å². The van der Waals surface area contributed by atoms with E-state index < -0.39 is 0 Å². The molecule has 1 nitrogen and oxygen atoms in total. The number of rotatable bonds is 6. The van der Waals surface area contributed by atoms with Gasteiger partial charge in [0, 0.05) is 6.04 Å². The molecule has 0 fully saturated rings. The van der Waals surface area contributed by atoms with Crippen molar-refractivity contribution in [2.75, 3.05) is 6.54 Å². The van der Waals surface area contributed by atoms with Crippen LogP contribution in [0.2, 0.25) is 0 Å². The molecule has 0 heterocycles. The van der Waals surface area contributed by atoms with Gasteiger partial charge < -0.3 is 5.32 Å². The van der Waals surface area contributed by atoms with Crippen LogP contribution in [-0.2, 0) is 6.42 Å². The second-order valence-corrected chi connectivity index (χ2v) is 5.76. The maximum absolute atomic E-state index is 3.56. The quantitative estimate of drug-likeness (QED) is 0.788. The van der Waals surface area contributed by atoms with E-state index in [1.807, 2.05) is 0 Å². The molecule has 1 aromatic carbocycles. The van der Waals surface area contributed by atoms with E-state index in [-0.39, 0.29) is 0 Å². The Morgan fingerprint density at radius 3 is 2.35 bits per heavy atom. The molecule has 0 radical (unpaired) electrons. The summed E-state index contributed by atoms with van der Waals surface area (Å²) in [4.78, 5) is 0. The Bertz CT molecular complexity index is 328. The first-order chi connectivity index (χ1) is 7.99. The first kappa shape index (κ1) is 14.2. The zero-order chi connectivity index (χ0) is 12.8. The summed E-state index contributed by atoms with van der Waals surface area (Å²) >= 11 is 0. The molecule has 0 aromatic heterocycles. The first-order valence-electron chi connectivity index (χ1n) is 6.78. The lowest BCUT2D eigenvalue weighted by Gasteiger charge is -2.23. The molecule has 0 saturated heterocycles. The van der Waals surface area contributed by atoms with Gasteiger partial charge >= 0.3 is 0 Å².